The minimum absolute atomic E-state index is 0.121. The highest BCUT2D eigenvalue weighted by Gasteiger charge is 2.14. The number of hydrogen-bond acceptors (Lipinski definition) is 6. The number of aromatic carboxylic acids is 1. The lowest BCUT2D eigenvalue weighted by molar-refractivity contribution is -0.255. The standard InChI is InChI=1S/C20H19N3O4/c1-14-18(19(23(2)22-14)27-17-6-4-3-5-7-17)12-21-26-13-15-8-10-16(11-9-15)20(24)25/h3-12H,13H2,1-2H3,(H,24,25)/p-1/b21-12+. The number of carbonyl (C=O) groups excluding carboxylic acids is 1. The number of ether oxygens (including phenoxy) is 1. The average Bonchev–Trinajstić information content (AvgIpc) is 2.93. The predicted molar refractivity (Wildman–Crippen MR) is 97.6 cm³/mol. The molecule has 7 nitrogen and oxygen atoms in total. The fraction of sp³-hybridized carbons (Fsp3) is 0.150. The molecule has 27 heavy (non-hydrogen) atoms. The third-order valence-corrected chi connectivity index (χ3v) is 3.85. The summed E-state index contributed by atoms with van der Waals surface area (Å²) in [6.45, 7) is 2.07. The topological polar surface area (TPSA) is 88.8 Å². The summed E-state index contributed by atoms with van der Waals surface area (Å²) in [5, 5.41) is 19.1. The molecule has 0 saturated heterocycles. The van der Waals surface area contributed by atoms with Crippen LogP contribution >= 0.6 is 0 Å². The molecule has 0 amide bonds. The number of hydrogen-bond donors (Lipinski definition) is 0. The molecule has 0 aliphatic carbocycles. The lowest BCUT2D eigenvalue weighted by Crippen LogP contribution is -2.21. The van der Waals surface area contributed by atoms with Gasteiger partial charge in [-0.1, -0.05) is 47.6 Å². The van der Waals surface area contributed by atoms with E-state index in [-0.39, 0.29) is 12.2 Å². The Balaban J connectivity index is 1.67. The number of nitrogens with zero attached hydrogens (tertiary/aromatic N) is 3. The van der Waals surface area contributed by atoms with E-state index in [1.54, 1.807) is 30.1 Å². The summed E-state index contributed by atoms with van der Waals surface area (Å²) in [6.07, 6.45) is 1.55. The van der Waals surface area contributed by atoms with E-state index in [0.717, 1.165) is 11.3 Å². The highest BCUT2D eigenvalue weighted by Crippen LogP contribution is 2.25. The molecule has 1 heterocycles. The molecule has 0 spiro atoms. The molecular weight excluding hydrogens is 346 g/mol. The molecule has 3 aromatic rings. The van der Waals surface area contributed by atoms with Crippen LogP contribution in [0.25, 0.3) is 0 Å². The molecular formula is C20H18N3O4-. The number of carbonyl (C=O) groups is 1. The van der Waals surface area contributed by atoms with E-state index in [1.807, 2.05) is 37.3 Å². The van der Waals surface area contributed by atoms with E-state index < -0.39 is 5.97 Å². The SMILES string of the molecule is Cc1nn(C)c(Oc2ccccc2)c1/C=N/OCc1ccc(C(=O)[O-])cc1. The molecule has 0 N–H and O–H groups in total. The Morgan fingerprint density at radius 2 is 1.89 bits per heavy atom. The minimum atomic E-state index is -1.21. The maximum Gasteiger partial charge on any atom is 0.226 e. The molecule has 0 unspecified atom stereocenters. The van der Waals surface area contributed by atoms with Crippen molar-refractivity contribution in [3.05, 3.63) is 77.0 Å². The van der Waals surface area contributed by atoms with E-state index in [0.29, 0.717) is 17.2 Å². The van der Waals surface area contributed by atoms with Crippen LogP contribution in [0.5, 0.6) is 11.6 Å². The second kappa shape index (κ2) is 8.18. The highest BCUT2D eigenvalue weighted by molar-refractivity contribution is 5.85. The van der Waals surface area contributed by atoms with Crippen molar-refractivity contribution in [2.45, 2.75) is 13.5 Å². The molecule has 0 atom stereocenters. The summed E-state index contributed by atoms with van der Waals surface area (Å²) >= 11 is 0. The van der Waals surface area contributed by atoms with Gasteiger partial charge < -0.3 is 19.5 Å². The van der Waals surface area contributed by atoms with Crippen LogP contribution in [0.4, 0.5) is 0 Å². The third-order valence-electron chi connectivity index (χ3n) is 3.85. The number of oxime groups is 1. The van der Waals surface area contributed by atoms with Crippen molar-refractivity contribution in [3.63, 3.8) is 0 Å². The summed E-state index contributed by atoms with van der Waals surface area (Å²) in [5.41, 5.74) is 2.39. The van der Waals surface area contributed by atoms with Gasteiger partial charge in [-0.2, -0.15) is 5.10 Å². The maximum atomic E-state index is 10.7. The molecule has 0 bridgehead atoms. The summed E-state index contributed by atoms with van der Waals surface area (Å²) in [6, 6.07) is 15.6. The normalized spacial score (nSPS) is 10.9. The Morgan fingerprint density at radius 1 is 1.19 bits per heavy atom. The van der Waals surface area contributed by atoms with E-state index in [4.69, 9.17) is 9.57 Å². The second-order valence-corrected chi connectivity index (χ2v) is 5.84. The molecule has 2 aromatic carbocycles. The monoisotopic (exact) mass is 364 g/mol. The predicted octanol–water partition coefficient (Wildman–Crippen LogP) is 2.44. The van der Waals surface area contributed by atoms with E-state index >= 15 is 0 Å². The van der Waals surface area contributed by atoms with Crippen molar-refractivity contribution in [3.8, 4) is 11.6 Å². The van der Waals surface area contributed by atoms with Crippen LogP contribution < -0.4 is 9.84 Å². The van der Waals surface area contributed by atoms with Gasteiger partial charge in [0.2, 0.25) is 5.88 Å². The zero-order valence-electron chi connectivity index (χ0n) is 15.0. The first-order valence-electron chi connectivity index (χ1n) is 8.26. The number of carboxylic acids is 1. The summed E-state index contributed by atoms with van der Waals surface area (Å²) < 4.78 is 7.55. The van der Waals surface area contributed by atoms with Crippen LogP contribution in [0, 0.1) is 6.92 Å². The number of carboxylic acid groups (broad SMARTS) is 1. The fourth-order valence-electron chi connectivity index (χ4n) is 2.46. The minimum Gasteiger partial charge on any atom is -0.545 e. The zero-order valence-corrected chi connectivity index (χ0v) is 15.0. The van der Waals surface area contributed by atoms with E-state index in [2.05, 4.69) is 10.3 Å². The quantitative estimate of drug-likeness (QED) is 0.474. The van der Waals surface area contributed by atoms with Crippen LogP contribution in [0.15, 0.2) is 59.8 Å². The van der Waals surface area contributed by atoms with Gasteiger partial charge in [0.25, 0.3) is 0 Å². The Hall–Kier alpha value is -3.61. The van der Waals surface area contributed by atoms with E-state index in [9.17, 15) is 9.90 Å². The van der Waals surface area contributed by atoms with Gasteiger partial charge in [0.05, 0.1) is 23.4 Å². The van der Waals surface area contributed by atoms with Gasteiger partial charge >= 0.3 is 0 Å². The number of benzene rings is 2. The van der Waals surface area contributed by atoms with Crippen molar-refractivity contribution >= 4 is 12.2 Å². The lowest BCUT2D eigenvalue weighted by Gasteiger charge is -2.06. The van der Waals surface area contributed by atoms with Gasteiger partial charge in [-0.3, -0.25) is 0 Å². The van der Waals surface area contributed by atoms with Gasteiger partial charge in [-0.25, -0.2) is 4.68 Å². The summed E-state index contributed by atoms with van der Waals surface area (Å²) in [4.78, 5) is 16.0. The zero-order chi connectivity index (χ0) is 19.2. The largest absolute Gasteiger partial charge is 0.545 e. The molecule has 0 fully saturated rings. The molecule has 0 radical (unpaired) electrons. The molecule has 7 heteroatoms. The first kappa shape index (κ1) is 18.2. The van der Waals surface area contributed by atoms with Crippen molar-refractivity contribution in [1.82, 2.24) is 9.78 Å². The van der Waals surface area contributed by atoms with Crippen LogP contribution in [-0.2, 0) is 18.5 Å². The van der Waals surface area contributed by atoms with Crippen molar-refractivity contribution in [2.24, 2.45) is 12.2 Å². The highest BCUT2D eigenvalue weighted by atomic mass is 16.6. The molecule has 0 saturated carbocycles. The van der Waals surface area contributed by atoms with Crippen molar-refractivity contribution < 1.29 is 19.5 Å². The molecule has 3 rings (SSSR count). The lowest BCUT2D eigenvalue weighted by atomic mass is 10.1. The van der Waals surface area contributed by atoms with Crippen LogP contribution in [-0.4, -0.2) is 22.0 Å². The van der Waals surface area contributed by atoms with E-state index in [1.165, 1.54) is 12.1 Å². The molecule has 1 aromatic heterocycles. The Bertz CT molecular complexity index is 947. The fourth-order valence-corrected chi connectivity index (χ4v) is 2.46. The summed E-state index contributed by atoms with van der Waals surface area (Å²) in [5.74, 6) is 0.0481. The summed E-state index contributed by atoms with van der Waals surface area (Å²) in [7, 11) is 1.79. The molecule has 0 aliphatic rings. The number of aromatic nitrogens is 2. The average molecular weight is 364 g/mol. The van der Waals surface area contributed by atoms with Gasteiger partial charge in [0.15, 0.2) is 0 Å². The third kappa shape index (κ3) is 4.52. The first-order chi connectivity index (χ1) is 13.0. The van der Waals surface area contributed by atoms with Gasteiger partial charge in [0.1, 0.15) is 12.4 Å². The molecule has 138 valence electrons. The first-order valence-corrected chi connectivity index (χ1v) is 8.26. The van der Waals surface area contributed by atoms with Gasteiger partial charge in [0, 0.05) is 7.05 Å². The van der Waals surface area contributed by atoms with Crippen LogP contribution in [0.1, 0.15) is 27.2 Å². The Labute approximate surface area is 156 Å². The van der Waals surface area contributed by atoms with Crippen molar-refractivity contribution in [2.75, 3.05) is 0 Å². The second-order valence-electron chi connectivity index (χ2n) is 5.84. The smallest absolute Gasteiger partial charge is 0.226 e. The Morgan fingerprint density at radius 3 is 2.56 bits per heavy atom. The van der Waals surface area contributed by atoms with Gasteiger partial charge in [-0.05, 0) is 30.2 Å². The van der Waals surface area contributed by atoms with Crippen LogP contribution in [0.3, 0.4) is 0 Å². The van der Waals surface area contributed by atoms with Crippen molar-refractivity contribution in [1.29, 1.82) is 0 Å². The maximum absolute atomic E-state index is 10.7. The number of aryl methyl sites for hydroxylation is 2. The van der Waals surface area contributed by atoms with Crippen LogP contribution in [0.2, 0.25) is 0 Å². The molecule has 0 aliphatic heterocycles. The number of rotatable bonds is 7. The van der Waals surface area contributed by atoms with Gasteiger partial charge in [-0.15, -0.1) is 0 Å². The Kier molecular flexibility index (Phi) is 5.51. The number of para-hydroxylation sites is 1.